The molecule has 0 unspecified atom stereocenters. The van der Waals surface area contributed by atoms with Crippen LogP contribution >= 0.6 is 0 Å². The van der Waals surface area contributed by atoms with Crippen molar-refractivity contribution in [3.63, 3.8) is 0 Å². The summed E-state index contributed by atoms with van der Waals surface area (Å²) in [5.74, 6) is 0. The van der Waals surface area contributed by atoms with E-state index in [0.29, 0.717) is 0 Å². The number of hydrogen-bond acceptors (Lipinski definition) is 6. The molecular formula is C6H12Cl3FeO6. The smallest absolute Gasteiger partial charge is 1.00 e. The largest absolute Gasteiger partial charge is 3.00 e. The van der Waals surface area contributed by atoms with E-state index in [1.54, 1.807) is 0 Å². The minimum Gasteiger partial charge on any atom is -1.00 e. The van der Waals surface area contributed by atoms with Crippen molar-refractivity contribution >= 4 is 0 Å². The number of aliphatic hydroxyl groups is 6. The standard InChI is InChI=1S/C6H12O6.3ClH.Fe/c7-1-2(8)4(10)6(12)5(11)3(1)9;;;;/h1-12H;3*1H;/q;;;;+3/p-3/t1-,2-,3-,4+,5-,6-;;;;. The van der Waals surface area contributed by atoms with Crippen molar-refractivity contribution in [3.8, 4) is 0 Å². The van der Waals surface area contributed by atoms with Gasteiger partial charge in [0, 0.05) is 0 Å². The molecule has 0 aromatic carbocycles. The zero-order chi connectivity index (χ0) is 9.46. The Labute approximate surface area is 121 Å². The Morgan fingerprint density at radius 1 is 0.375 bits per heavy atom. The van der Waals surface area contributed by atoms with Crippen LogP contribution in [0.2, 0.25) is 0 Å². The first-order chi connectivity index (χ1) is 5.46. The first-order valence-corrected chi connectivity index (χ1v) is 3.55. The molecule has 1 saturated carbocycles. The van der Waals surface area contributed by atoms with Gasteiger partial charge in [-0.1, -0.05) is 0 Å². The molecule has 6 nitrogen and oxygen atoms in total. The molecule has 0 heterocycles. The molecule has 0 atom stereocenters. The number of aliphatic hydroxyl groups excluding tert-OH is 6. The summed E-state index contributed by atoms with van der Waals surface area (Å²) in [7, 11) is 0. The maximum absolute atomic E-state index is 8.97. The van der Waals surface area contributed by atoms with Gasteiger partial charge in [0.1, 0.15) is 36.6 Å². The van der Waals surface area contributed by atoms with Crippen molar-refractivity contribution in [2.24, 2.45) is 0 Å². The topological polar surface area (TPSA) is 121 Å². The Morgan fingerprint density at radius 3 is 0.500 bits per heavy atom. The summed E-state index contributed by atoms with van der Waals surface area (Å²) >= 11 is 0. The van der Waals surface area contributed by atoms with Crippen molar-refractivity contribution in [2.45, 2.75) is 36.6 Å². The Balaban J connectivity index is -0.000000180. The van der Waals surface area contributed by atoms with E-state index in [0.717, 1.165) is 0 Å². The molecule has 1 radical (unpaired) electrons. The van der Waals surface area contributed by atoms with Crippen LogP contribution in [0.25, 0.3) is 0 Å². The SMILES string of the molecule is O[C@H]1[C@H](O)[C@@H](O)[C@H](O)[C@@H](O)[C@H]1O.[Cl-].[Cl-].[Cl-].[Fe+3]. The maximum Gasteiger partial charge on any atom is 3.00 e. The molecule has 0 bridgehead atoms. The molecule has 0 amide bonds. The Hall–Kier alpha value is 1.15. The molecule has 6 N–H and O–H groups in total. The quantitative estimate of drug-likeness (QED) is 0.243. The van der Waals surface area contributed by atoms with Crippen LogP contribution in [0.15, 0.2) is 0 Å². The molecule has 0 aliphatic heterocycles. The average molecular weight is 342 g/mol. The Morgan fingerprint density at radius 2 is 0.438 bits per heavy atom. The molecule has 10 heteroatoms. The first-order valence-electron chi connectivity index (χ1n) is 3.55. The van der Waals surface area contributed by atoms with E-state index in [-0.39, 0.29) is 54.3 Å². The van der Waals surface area contributed by atoms with Crippen LogP contribution in [-0.4, -0.2) is 67.3 Å². The summed E-state index contributed by atoms with van der Waals surface area (Å²) in [6.07, 6.45) is -9.84. The van der Waals surface area contributed by atoms with Crippen molar-refractivity contribution in [3.05, 3.63) is 0 Å². The molecule has 16 heavy (non-hydrogen) atoms. The third-order valence-electron chi connectivity index (χ3n) is 2.10. The van der Waals surface area contributed by atoms with Crippen LogP contribution in [0, 0.1) is 0 Å². The van der Waals surface area contributed by atoms with Crippen LogP contribution in [0.1, 0.15) is 0 Å². The molecule has 0 aromatic heterocycles. The van der Waals surface area contributed by atoms with Gasteiger partial charge in [0.2, 0.25) is 0 Å². The fourth-order valence-electron chi connectivity index (χ4n) is 1.21. The normalized spacial score (nSPS) is 41.6. The van der Waals surface area contributed by atoms with E-state index in [9.17, 15) is 0 Å². The second-order valence-electron chi connectivity index (χ2n) is 2.94. The van der Waals surface area contributed by atoms with Gasteiger partial charge in [-0.15, -0.1) is 0 Å². The second-order valence-corrected chi connectivity index (χ2v) is 2.94. The summed E-state index contributed by atoms with van der Waals surface area (Å²) in [4.78, 5) is 0. The number of halogens is 3. The van der Waals surface area contributed by atoms with E-state index in [1.807, 2.05) is 0 Å². The van der Waals surface area contributed by atoms with Gasteiger partial charge in [-0.3, -0.25) is 0 Å². The zero-order valence-electron chi connectivity index (χ0n) is 7.63. The summed E-state index contributed by atoms with van der Waals surface area (Å²) in [6.45, 7) is 0. The van der Waals surface area contributed by atoms with Crippen LogP contribution in [0.5, 0.6) is 0 Å². The van der Waals surface area contributed by atoms with Crippen molar-refractivity contribution in [1.29, 1.82) is 0 Å². The number of rotatable bonds is 0. The zero-order valence-corrected chi connectivity index (χ0v) is 11.0. The molecule has 1 fully saturated rings. The van der Waals surface area contributed by atoms with E-state index < -0.39 is 36.6 Å². The van der Waals surface area contributed by atoms with Crippen LogP contribution < -0.4 is 37.2 Å². The molecular weight excluding hydrogens is 330 g/mol. The fourth-order valence-corrected chi connectivity index (χ4v) is 1.21. The molecule has 101 valence electrons. The summed E-state index contributed by atoms with van der Waals surface area (Å²) < 4.78 is 0. The molecule has 1 rings (SSSR count). The van der Waals surface area contributed by atoms with Gasteiger partial charge in [-0.05, 0) is 0 Å². The predicted octanol–water partition coefficient (Wildman–Crippen LogP) is -12.8. The molecule has 0 saturated heterocycles. The molecule has 0 spiro atoms. The van der Waals surface area contributed by atoms with Gasteiger partial charge in [-0.2, -0.15) is 0 Å². The van der Waals surface area contributed by atoms with Crippen LogP contribution in [-0.2, 0) is 17.1 Å². The van der Waals surface area contributed by atoms with Gasteiger partial charge >= 0.3 is 17.1 Å². The monoisotopic (exact) mass is 341 g/mol. The Bertz CT molecular complexity index is 120. The van der Waals surface area contributed by atoms with Gasteiger partial charge < -0.3 is 67.9 Å². The summed E-state index contributed by atoms with van der Waals surface area (Å²) in [6, 6.07) is 0. The van der Waals surface area contributed by atoms with E-state index in [4.69, 9.17) is 30.6 Å². The van der Waals surface area contributed by atoms with Crippen molar-refractivity contribution in [2.75, 3.05) is 0 Å². The van der Waals surface area contributed by atoms with Crippen molar-refractivity contribution < 1.29 is 84.9 Å². The minimum absolute atomic E-state index is 0. The van der Waals surface area contributed by atoms with E-state index in [1.165, 1.54) is 0 Å². The summed E-state index contributed by atoms with van der Waals surface area (Å²) in [5, 5.41) is 53.8. The number of hydrogen-bond donors (Lipinski definition) is 6. The van der Waals surface area contributed by atoms with Gasteiger partial charge in [-0.25, -0.2) is 0 Å². The third-order valence-corrected chi connectivity index (χ3v) is 2.10. The molecule has 0 aromatic rings. The Kier molecular flexibility index (Phi) is 16.3. The first kappa shape index (κ1) is 25.9. The fraction of sp³-hybridized carbons (Fsp3) is 1.00. The van der Waals surface area contributed by atoms with Crippen LogP contribution in [0.3, 0.4) is 0 Å². The van der Waals surface area contributed by atoms with Gasteiger partial charge in [0.05, 0.1) is 0 Å². The van der Waals surface area contributed by atoms with Crippen molar-refractivity contribution in [1.82, 2.24) is 0 Å². The van der Waals surface area contributed by atoms with E-state index >= 15 is 0 Å². The maximum atomic E-state index is 8.97. The predicted molar refractivity (Wildman–Crippen MR) is 36.0 cm³/mol. The molecule has 1 aliphatic carbocycles. The third kappa shape index (κ3) is 4.80. The summed E-state index contributed by atoms with van der Waals surface area (Å²) in [5.41, 5.74) is 0. The van der Waals surface area contributed by atoms with E-state index in [2.05, 4.69) is 0 Å². The van der Waals surface area contributed by atoms with Gasteiger partial charge in [0.25, 0.3) is 0 Å². The minimum atomic E-state index is -1.64. The second kappa shape index (κ2) is 10.1. The average Bonchev–Trinajstić information content (AvgIpc) is 2.08. The molecule has 1 aliphatic rings. The van der Waals surface area contributed by atoms with Gasteiger partial charge in [0.15, 0.2) is 0 Å². The van der Waals surface area contributed by atoms with Crippen LogP contribution in [0.4, 0.5) is 0 Å².